The molecular formula is C30H30F9N7S3. The van der Waals surface area contributed by atoms with Gasteiger partial charge in [0.25, 0.3) is 0 Å². The molecule has 0 atom stereocenters. The summed E-state index contributed by atoms with van der Waals surface area (Å²) in [5.74, 6) is 0. The molecule has 0 aromatic heterocycles. The van der Waals surface area contributed by atoms with E-state index in [1.54, 1.807) is 0 Å². The Hall–Kier alpha value is -3.94. The monoisotopic (exact) mass is 755 g/mol. The van der Waals surface area contributed by atoms with Crippen LogP contribution in [0, 0.1) is 0 Å². The van der Waals surface area contributed by atoms with Gasteiger partial charge in [-0.1, -0.05) is 0 Å². The van der Waals surface area contributed by atoms with Crippen LogP contribution in [0.5, 0.6) is 0 Å². The normalized spacial score (nSPS) is 11.9. The summed E-state index contributed by atoms with van der Waals surface area (Å²) in [6, 6.07) is 13.1. The van der Waals surface area contributed by atoms with Crippen LogP contribution >= 0.6 is 36.7 Å². The highest BCUT2D eigenvalue weighted by atomic mass is 32.1. The Labute approximate surface area is 292 Å². The second-order valence-electron chi connectivity index (χ2n) is 10.2. The highest BCUT2D eigenvalue weighted by Gasteiger charge is 2.31. The summed E-state index contributed by atoms with van der Waals surface area (Å²) in [4.78, 5) is 1.98. The van der Waals surface area contributed by atoms with Crippen molar-refractivity contribution in [3.8, 4) is 0 Å². The van der Waals surface area contributed by atoms with E-state index in [1.807, 2.05) is 4.90 Å². The van der Waals surface area contributed by atoms with E-state index in [0.29, 0.717) is 56.3 Å². The summed E-state index contributed by atoms with van der Waals surface area (Å²) in [7, 11) is 0. The molecule has 6 N–H and O–H groups in total. The predicted molar refractivity (Wildman–Crippen MR) is 183 cm³/mol. The van der Waals surface area contributed by atoms with E-state index in [1.165, 1.54) is 36.4 Å². The molecule has 3 rings (SSSR count). The minimum Gasteiger partial charge on any atom is -0.361 e. The lowest BCUT2D eigenvalue weighted by molar-refractivity contribution is -0.138. The number of rotatable bonds is 12. The van der Waals surface area contributed by atoms with Crippen LogP contribution in [0.25, 0.3) is 0 Å². The molecule has 0 radical (unpaired) electrons. The molecule has 0 bridgehead atoms. The van der Waals surface area contributed by atoms with E-state index in [9.17, 15) is 39.5 Å². The summed E-state index contributed by atoms with van der Waals surface area (Å²) in [5.41, 5.74) is -1.30. The Morgan fingerprint density at radius 2 is 0.653 bits per heavy atom. The van der Waals surface area contributed by atoms with Gasteiger partial charge in [-0.3, -0.25) is 4.90 Å². The topological polar surface area (TPSA) is 75.4 Å². The van der Waals surface area contributed by atoms with Crippen LogP contribution < -0.4 is 31.9 Å². The lowest BCUT2D eigenvalue weighted by atomic mass is 10.2. The first-order valence-corrected chi connectivity index (χ1v) is 15.5. The van der Waals surface area contributed by atoms with Crippen LogP contribution in [-0.2, 0) is 18.5 Å². The van der Waals surface area contributed by atoms with Crippen molar-refractivity contribution in [2.24, 2.45) is 0 Å². The van der Waals surface area contributed by atoms with E-state index < -0.39 is 35.2 Å². The van der Waals surface area contributed by atoms with E-state index in [0.717, 1.165) is 36.4 Å². The number of alkyl halides is 9. The summed E-state index contributed by atoms with van der Waals surface area (Å²) in [5, 5.41) is 17.9. The van der Waals surface area contributed by atoms with Crippen LogP contribution in [-0.4, -0.2) is 59.5 Å². The fraction of sp³-hybridized carbons (Fsp3) is 0.300. The first kappa shape index (κ1) is 39.5. The second-order valence-corrected chi connectivity index (χ2v) is 11.4. The third kappa shape index (κ3) is 14.2. The average Bonchev–Trinajstić information content (AvgIpc) is 3.00. The van der Waals surface area contributed by atoms with E-state index >= 15 is 0 Å². The summed E-state index contributed by atoms with van der Waals surface area (Å²) in [6.07, 6.45) is -13.4. The Morgan fingerprint density at radius 3 is 0.857 bits per heavy atom. The number of hydrogen-bond donors (Lipinski definition) is 6. The van der Waals surface area contributed by atoms with Gasteiger partial charge in [0, 0.05) is 56.3 Å². The SMILES string of the molecule is FC(F)(F)c1ccc(NC(=S)NCCN(CCNC(=S)Nc2ccc(C(F)(F)F)cc2)CCNC(=S)Nc2ccc(C(F)(F)F)cc2)cc1. The first-order valence-electron chi connectivity index (χ1n) is 14.3. The molecule has 19 heteroatoms. The zero-order valence-corrected chi connectivity index (χ0v) is 27.7. The van der Waals surface area contributed by atoms with Crippen molar-refractivity contribution in [3.05, 3.63) is 89.5 Å². The van der Waals surface area contributed by atoms with Crippen LogP contribution in [0.15, 0.2) is 72.8 Å². The van der Waals surface area contributed by atoms with Gasteiger partial charge >= 0.3 is 18.5 Å². The van der Waals surface area contributed by atoms with Gasteiger partial charge in [0.1, 0.15) is 0 Å². The van der Waals surface area contributed by atoms with Crippen molar-refractivity contribution >= 4 is 69.1 Å². The summed E-state index contributed by atoms with van der Waals surface area (Å²) < 4.78 is 115. The van der Waals surface area contributed by atoms with Gasteiger partial charge in [-0.25, -0.2) is 0 Å². The average molecular weight is 756 g/mol. The molecule has 0 aliphatic heterocycles. The van der Waals surface area contributed by atoms with E-state index in [4.69, 9.17) is 36.7 Å². The van der Waals surface area contributed by atoms with Crippen LogP contribution in [0.3, 0.4) is 0 Å². The fourth-order valence-electron chi connectivity index (χ4n) is 4.07. The van der Waals surface area contributed by atoms with Crippen LogP contribution in [0.2, 0.25) is 0 Å². The summed E-state index contributed by atoms with van der Waals surface area (Å²) in [6.45, 7) is 2.27. The predicted octanol–water partition coefficient (Wildman–Crippen LogP) is 7.30. The Kier molecular flexibility index (Phi) is 14.2. The molecule has 49 heavy (non-hydrogen) atoms. The largest absolute Gasteiger partial charge is 0.416 e. The van der Waals surface area contributed by atoms with Gasteiger partial charge in [0.2, 0.25) is 0 Å². The van der Waals surface area contributed by atoms with Crippen LogP contribution in [0.1, 0.15) is 16.7 Å². The van der Waals surface area contributed by atoms with Gasteiger partial charge < -0.3 is 31.9 Å². The molecule has 0 heterocycles. The van der Waals surface area contributed by atoms with Crippen molar-refractivity contribution in [1.29, 1.82) is 0 Å². The van der Waals surface area contributed by atoms with E-state index in [2.05, 4.69) is 31.9 Å². The number of nitrogens with one attached hydrogen (secondary N) is 6. The lowest BCUT2D eigenvalue weighted by Gasteiger charge is -2.24. The van der Waals surface area contributed by atoms with Gasteiger partial charge in [-0.15, -0.1) is 0 Å². The van der Waals surface area contributed by atoms with Gasteiger partial charge in [-0.2, -0.15) is 39.5 Å². The smallest absolute Gasteiger partial charge is 0.361 e. The molecule has 0 amide bonds. The molecule has 3 aromatic carbocycles. The number of thiocarbonyl (C=S) groups is 3. The molecule has 0 fully saturated rings. The summed E-state index contributed by atoms with van der Waals surface area (Å²) >= 11 is 15.8. The molecule has 0 unspecified atom stereocenters. The molecule has 3 aromatic rings. The Balaban J connectivity index is 1.50. The van der Waals surface area contributed by atoms with E-state index in [-0.39, 0.29) is 15.3 Å². The van der Waals surface area contributed by atoms with Crippen LogP contribution in [0.4, 0.5) is 56.6 Å². The maximum atomic E-state index is 12.8. The molecular weight excluding hydrogens is 726 g/mol. The van der Waals surface area contributed by atoms with Crippen molar-refractivity contribution in [3.63, 3.8) is 0 Å². The second kappa shape index (κ2) is 17.6. The highest BCUT2D eigenvalue weighted by Crippen LogP contribution is 2.31. The highest BCUT2D eigenvalue weighted by molar-refractivity contribution is 7.80. The third-order valence-corrected chi connectivity index (χ3v) is 7.29. The number of halogens is 9. The molecule has 266 valence electrons. The maximum Gasteiger partial charge on any atom is 0.416 e. The molecule has 0 aliphatic rings. The van der Waals surface area contributed by atoms with Crippen molar-refractivity contribution in [1.82, 2.24) is 20.9 Å². The molecule has 0 aliphatic carbocycles. The third-order valence-electron chi connectivity index (χ3n) is 6.55. The van der Waals surface area contributed by atoms with Crippen molar-refractivity contribution in [2.45, 2.75) is 18.5 Å². The number of anilines is 3. The minimum atomic E-state index is -4.46. The number of nitrogens with zero attached hydrogens (tertiary/aromatic N) is 1. The standard InChI is InChI=1S/C30H30F9N7S3/c31-28(32,33)19-1-7-22(8-2-19)43-25(47)40-13-16-46(17-14-41-26(48)44-23-9-3-20(4-10-23)29(34,35)36)18-15-42-27(49)45-24-11-5-21(6-12-24)30(37,38)39/h1-12H,13-18H2,(H2,40,43,47)(H2,41,44,48)(H2,42,45,49). The molecule has 7 nitrogen and oxygen atoms in total. The van der Waals surface area contributed by atoms with Gasteiger partial charge in [0.15, 0.2) is 15.3 Å². The zero-order valence-electron chi connectivity index (χ0n) is 25.2. The zero-order chi connectivity index (χ0) is 36.2. The number of hydrogen-bond acceptors (Lipinski definition) is 4. The quantitative estimate of drug-likeness (QED) is 0.0839. The Bertz CT molecular complexity index is 1350. The van der Waals surface area contributed by atoms with Crippen molar-refractivity contribution in [2.75, 3.05) is 55.2 Å². The minimum absolute atomic E-state index is 0.180. The molecule has 0 saturated carbocycles. The van der Waals surface area contributed by atoms with Crippen molar-refractivity contribution < 1.29 is 39.5 Å². The fourth-order valence-corrected chi connectivity index (χ4v) is 4.73. The maximum absolute atomic E-state index is 12.8. The molecule has 0 saturated heterocycles. The molecule has 0 spiro atoms. The van der Waals surface area contributed by atoms with Gasteiger partial charge in [0.05, 0.1) is 16.7 Å². The van der Waals surface area contributed by atoms with Gasteiger partial charge in [-0.05, 0) is 109 Å². The Morgan fingerprint density at radius 1 is 0.429 bits per heavy atom. The first-order chi connectivity index (χ1) is 22.9. The lowest BCUT2D eigenvalue weighted by Crippen LogP contribution is -2.44. The number of benzene rings is 3.